The summed E-state index contributed by atoms with van der Waals surface area (Å²) in [6.07, 6.45) is 1.21. The molecule has 4 fully saturated rings. The first-order valence-electron chi connectivity index (χ1n) is 14.0. The first kappa shape index (κ1) is 27.3. The Bertz CT molecular complexity index is 1010. The van der Waals surface area contributed by atoms with Gasteiger partial charge in [0.15, 0.2) is 5.78 Å². The number of rotatable bonds is 4. The lowest BCUT2D eigenvalue weighted by molar-refractivity contribution is -0.178. The van der Waals surface area contributed by atoms with Crippen molar-refractivity contribution in [1.29, 1.82) is 0 Å². The van der Waals surface area contributed by atoms with Crippen molar-refractivity contribution in [1.82, 2.24) is 0 Å². The van der Waals surface area contributed by atoms with E-state index in [1.165, 1.54) is 0 Å². The molecule has 0 spiro atoms. The standard InChI is InChI=1S/C29H44O8/c1-14-16(15(2)37-25(14)34)10-24(33)28(5,35)23-7-9-29(36)18-11-20(30)19-12-21(31)22(32)13-26(19,3)17(18)6-8-27(23,29)4/h11,14-17,19,21-24,31-33,35-36H,6-10,12-13H2,1-5H3/t14?,15?,16-,17-,19-,21+,22-,23-,24?,26+,27+,28+,29+/m0/s1. The third-order valence-electron chi connectivity index (χ3n) is 11.9. The summed E-state index contributed by atoms with van der Waals surface area (Å²) in [4.78, 5) is 25.4. The number of ether oxygens (including phenoxy) is 1. The Morgan fingerprint density at radius 1 is 1.11 bits per heavy atom. The lowest BCUT2D eigenvalue weighted by Crippen LogP contribution is -2.63. The molecule has 0 amide bonds. The highest BCUT2D eigenvalue weighted by atomic mass is 16.6. The van der Waals surface area contributed by atoms with Crippen LogP contribution in [0, 0.1) is 40.4 Å². The van der Waals surface area contributed by atoms with Gasteiger partial charge in [-0.25, -0.2) is 0 Å². The van der Waals surface area contributed by atoms with E-state index in [2.05, 4.69) is 0 Å². The zero-order chi connectivity index (χ0) is 27.3. The second-order valence-corrected chi connectivity index (χ2v) is 13.7. The SMILES string of the molecule is CC1OC(=O)C(C)[C@@H]1CC(O)[C@](C)(O)[C@H]1CC[C@@]2(O)C3=CC(=O)[C@@H]4C[C@@H](O)[C@@H](O)C[C@]4(C)[C@H]3CC[C@]12C. The molecule has 3 saturated carbocycles. The normalized spacial score (nSPS) is 51.9. The highest BCUT2D eigenvalue weighted by Crippen LogP contribution is 2.68. The number of hydrogen-bond donors (Lipinski definition) is 5. The molecule has 5 aliphatic rings. The van der Waals surface area contributed by atoms with Gasteiger partial charge in [-0.2, -0.15) is 0 Å². The van der Waals surface area contributed by atoms with Crippen LogP contribution in [0.1, 0.15) is 79.6 Å². The van der Waals surface area contributed by atoms with Crippen molar-refractivity contribution in [2.75, 3.05) is 0 Å². The average Bonchev–Trinajstić information content (AvgIpc) is 3.23. The number of fused-ring (bicyclic) bond motifs is 5. The van der Waals surface area contributed by atoms with Crippen molar-refractivity contribution in [3.8, 4) is 0 Å². The summed E-state index contributed by atoms with van der Waals surface area (Å²) in [5.41, 5.74) is -3.47. The minimum atomic E-state index is -1.52. The van der Waals surface area contributed by atoms with Crippen LogP contribution in [0.15, 0.2) is 11.6 Å². The fourth-order valence-corrected chi connectivity index (χ4v) is 9.39. The molecule has 0 radical (unpaired) electrons. The Morgan fingerprint density at radius 2 is 1.78 bits per heavy atom. The van der Waals surface area contributed by atoms with Crippen molar-refractivity contribution in [3.05, 3.63) is 11.6 Å². The third-order valence-corrected chi connectivity index (χ3v) is 11.9. The van der Waals surface area contributed by atoms with Crippen molar-refractivity contribution < 1.29 is 39.9 Å². The Morgan fingerprint density at radius 3 is 2.41 bits per heavy atom. The first-order chi connectivity index (χ1) is 17.1. The fraction of sp³-hybridized carbons (Fsp3) is 0.862. The average molecular weight is 521 g/mol. The van der Waals surface area contributed by atoms with Crippen LogP contribution in [0.2, 0.25) is 0 Å². The van der Waals surface area contributed by atoms with Crippen LogP contribution in [-0.2, 0) is 14.3 Å². The van der Waals surface area contributed by atoms with Crippen molar-refractivity contribution in [3.63, 3.8) is 0 Å². The molecular formula is C29H44O8. The number of ketones is 1. The van der Waals surface area contributed by atoms with Gasteiger partial charge in [-0.05, 0) is 87.7 Å². The number of aliphatic hydroxyl groups excluding tert-OH is 3. The maximum atomic E-state index is 13.3. The summed E-state index contributed by atoms with van der Waals surface area (Å²) in [5.74, 6) is -1.88. The molecule has 3 unspecified atom stereocenters. The maximum Gasteiger partial charge on any atom is 0.309 e. The molecule has 5 rings (SSSR count). The second kappa shape index (κ2) is 8.59. The molecule has 1 saturated heterocycles. The van der Waals surface area contributed by atoms with E-state index in [1.54, 1.807) is 19.9 Å². The number of aliphatic hydroxyl groups is 5. The van der Waals surface area contributed by atoms with Crippen molar-refractivity contribution >= 4 is 11.8 Å². The predicted molar refractivity (Wildman–Crippen MR) is 134 cm³/mol. The molecule has 13 atom stereocenters. The lowest BCUT2D eigenvalue weighted by atomic mass is 9.45. The molecule has 1 heterocycles. The summed E-state index contributed by atoms with van der Waals surface area (Å²) >= 11 is 0. The van der Waals surface area contributed by atoms with Crippen LogP contribution in [0.4, 0.5) is 0 Å². The van der Waals surface area contributed by atoms with Crippen LogP contribution in [-0.4, -0.2) is 72.9 Å². The highest BCUT2D eigenvalue weighted by molar-refractivity contribution is 5.95. The molecule has 208 valence electrons. The Hall–Kier alpha value is -1.32. The molecule has 37 heavy (non-hydrogen) atoms. The van der Waals surface area contributed by atoms with Gasteiger partial charge in [0, 0.05) is 17.3 Å². The minimum Gasteiger partial charge on any atom is -0.462 e. The van der Waals surface area contributed by atoms with Gasteiger partial charge in [0.05, 0.1) is 35.4 Å². The molecule has 8 nitrogen and oxygen atoms in total. The number of esters is 1. The monoisotopic (exact) mass is 520 g/mol. The number of cyclic esters (lactones) is 1. The highest BCUT2D eigenvalue weighted by Gasteiger charge is 2.69. The second-order valence-electron chi connectivity index (χ2n) is 13.7. The molecular weight excluding hydrogens is 476 g/mol. The zero-order valence-electron chi connectivity index (χ0n) is 22.7. The van der Waals surface area contributed by atoms with Crippen LogP contribution in [0.5, 0.6) is 0 Å². The van der Waals surface area contributed by atoms with E-state index in [0.29, 0.717) is 37.7 Å². The smallest absolute Gasteiger partial charge is 0.309 e. The first-order valence-corrected chi connectivity index (χ1v) is 14.0. The van der Waals surface area contributed by atoms with E-state index in [-0.39, 0.29) is 48.5 Å². The van der Waals surface area contributed by atoms with Gasteiger partial charge in [-0.1, -0.05) is 20.8 Å². The van der Waals surface area contributed by atoms with Crippen LogP contribution < -0.4 is 0 Å². The molecule has 5 N–H and O–H groups in total. The summed E-state index contributed by atoms with van der Waals surface area (Å²) in [7, 11) is 0. The maximum absolute atomic E-state index is 13.3. The fourth-order valence-electron chi connectivity index (χ4n) is 9.39. The van der Waals surface area contributed by atoms with E-state index < -0.39 is 52.2 Å². The Balaban J connectivity index is 1.44. The zero-order valence-corrected chi connectivity index (χ0v) is 22.7. The van der Waals surface area contributed by atoms with Crippen molar-refractivity contribution in [2.24, 2.45) is 40.4 Å². The van der Waals surface area contributed by atoms with Crippen LogP contribution in [0.25, 0.3) is 0 Å². The van der Waals surface area contributed by atoms with Crippen molar-refractivity contribution in [2.45, 2.75) is 115 Å². The van der Waals surface area contributed by atoms with Gasteiger partial charge in [0.1, 0.15) is 6.10 Å². The largest absolute Gasteiger partial charge is 0.462 e. The van der Waals surface area contributed by atoms with Gasteiger partial charge in [-0.3, -0.25) is 9.59 Å². The van der Waals surface area contributed by atoms with Crippen LogP contribution >= 0.6 is 0 Å². The van der Waals surface area contributed by atoms with Gasteiger partial charge in [0.25, 0.3) is 0 Å². The molecule has 1 aliphatic heterocycles. The Kier molecular flexibility index (Phi) is 6.33. The molecule has 0 bridgehead atoms. The lowest BCUT2D eigenvalue weighted by Gasteiger charge is -2.60. The van der Waals surface area contributed by atoms with Gasteiger partial charge < -0.3 is 30.3 Å². The van der Waals surface area contributed by atoms with E-state index in [4.69, 9.17) is 4.74 Å². The quantitative estimate of drug-likeness (QED) is 0.354. The van der Waals surface area contributed by atoms with Gasteiger partial charge in [0.2, 0.25) is 0 Å². The molecule has 0 aromatic heterocycles. The topological polar surface area (TPSA) is 145 Å². The van der Waals surface area contributed by atoms with Gasteiger partial charge >= 0.3 is 5.97 Å². The Labute approximate surface area is 219 Å². The number of carbonyl (C=O) groups is 2. The summed E-state index contributed by atoms with van der Waals surface area (Å²) in [6.45, 7) is 9.21. The third kappa shape index (κ3) is 3.65. The summed E-state index contributed by atoms with van der Waals surface area (Å²) in [5, 5.41) is 56.2. The van der Waals surface area contributed by atoms with E-state index in [9.17, 15) is 35.1 Å². The number of carbonyl (C=O) groups excluding carboxylic acids is 2. The van der Waals surface area contributed by atoms with E-state index >= 15 is 0 Å². The molecule has 8 heteroatoms. The minimum absolute atomic E-state index is 0.104. The predicted octanol–water partition coefficient (Wildman–Crippen LogP) is 1.89. The van der Waals surface area contributed by atoms with Crippen LogP contribution in [0.3, 0.4) is 0 Å². The van der Waals surface area contributed by atoms with E-state index in [0.717, 1.165) is 0 Å². The summed E-state index contributed by atoms with van der Waals surface area (Å²) < 4.78 is 5.34. The molecule has 4 aliphatic carbocycles. The number of allylic oxidation sites excluding steroid dienone is 1. The molecule has 0 aromatic carbocycles. The van der Waals surface area contributed by atoms with Gasteiger partial charge in [-0.15, -0.1) is 0 Å². The number of hydrogen-bond acceptors (Lipinski definition) is 8. The summed E-state index contributed by atoms with van der Waals surface area (Å²) in [6, 6.07) is 0. The molecule has 0 aromatic rings. The van der Waals surface area contributed by atoms with E-state index in [1.807, 2.05) is 20.8 Å².